The fourth-order valence-corrected chi connectivity index (χ4v) is 1.02. The van der Waals surface area contributed by atoms with Crippen molar-refractivity contribution in [3.8, 4) is 5.75 Å². The quantitative estimate of drug-likeness (QED) is 0.372. The van der Waals surface area contributed by atoms with Gasteiger partial charge < -0.3 is 15.4 Å². The van der Waals surface area contributed by atoms with Crippen LogP contribution in [0.25, 0.3) is 0 Å². The summed E-state index contributed by atoms with van der Waals surface area (Å²) in [5, 5.41) is 29.1. The SMILES string of the molecule is Cc1c(O)c(C=O)c(CO)c[n+]1[O-]. The van der Waals surface area contributed by atoms with Gasteiger partial charge in [-0.05, 0) is 0 Å². The lowest BCUT2D eigenvalue weighted by molar-refractivity contribution is -0.613. The molecule has 0 aromatic carbocycles. The van der Waals surface area contributed by atoms with Crippen LogP contribution in [0.1, 0.15) is 21.6 Å². The maximum absolute atomic E-state index is 11.0. The van der Waals surface area contributed by atoms with Crippen molar-refractivity contribution in [3.63, 3.8) is 0 Å². The van der Waals surface area contributed by atoms with Crippen LogP contribution < -0.4 is 4.73 Å². The minimum Gasteiger partial charge on any atom is -0.618 e. The first kappa shape index (κ1) is 9.47. The molecule has 1 rings (SSSR count). The molecule has 0 saturated carbocycles. The highest BCUT2D eigenvalue weighted by atomic mass is 16.5. The Balaban J connectivity index is 3.47. The van der Waals surface area contributed by atoms with Crippen molar-refractivity contribution < 1.29 is 19.7 Å². The molecule has 0 aliphatic rings. The van der Waals surface area contributed by atoms with Crippen molar-refractivity contribution in [2.45, 2.75) is 13.5 Å². The third kappa shape index (κ3) is 1.46. The summed E-state index contributed by atoms with van der Waals surface area (Å²) in [6.45, 7) is 0.931. The zero-order chi connectivity index (χ0) is 10.0. The van der Waals surface area contributed by atoms with Crippen molar-refractivity contribution in [1.82, 2.24) is 0 Å². The first-order valence-corrected chi connectivity index (χ1v) is 3.62. The van der Waals surface area contributed by atoms with Crippen molar-refractivity contribution in [2.75, 3.05) is 0 Å². The van der Waals surface area contributed by atoms with Gasteiger partial charge >= 0.3 is 0 Å². The van der Waals surface area contributed by atoms with Crippen molar-refractivity contribution in [1.29, 1.82) is 0 Å². The Morgan fingerprint density at radius 1 is 1.69 bits per heavy atom. The van der Waals surface area contributed by atoms with E-state index in [1.54, 1.807) is 0 Å². The monoisotopic (exact) mass is 183 g/mol. The Morgan fingerprint density at radius 3 is 2.77 bits per heavy atom. The number of pyridine rings is 1. The van der Waals surface area contributed by atoms with Crippen LogP contribution in [0.4, 0.5) is 0 Å². The maximum Gasteiger partial charge on any atom is 0.232 e. The molecule has 0 unspecified atom stereocenters. The standard InChI is InChI=1S/C8H9NO4/c1-5-8(12)7(4-11)6(3-10)2-9(5)13/h2,4,10,12H,3H2,1H3. The van der Waals surface area contributed by atoms with Crippen molar-refractivity contribution in [3.05, 3.63) is 28.2 Å². The van der Waals surface area contributed by atoms with E-state index in [1.165, 1.54) is 6.92 Å². The normalized spacial score (nSPS) is 10.0. The summed E-state index contributed by atoms with van der Waals surface area (Å²) in [5.74, 6) is -0.378. The van der Waals surface area contributed by atoms with Crippen molar-refractivity contribution in [2.24, 2.45) is 0 Å². The van der Waals surface area contributed by atoms with E-state index in [-0.39, 0.29) is 22.6 Å². The van der Waals surface area contributed by atoms with Crippen LogP contribution in [-0.2, 0) is 6.61 Å². The van der Waals surface area contributed by atoms with Crippen LogP contribution in [0, 0.1) is 12.1 Å². The van der Waals surface area contributed by atoms with Gasteiger partial charge in [0, 0.05) is 6.92 Å². The number of aliphatic hydroxyl groups is 1. The Hall–Kier alpha value is -1.62. The summed E-state index contributed by atoms with van der Waals surface area (Å²) < 4.78 is 0.411. The van der Waals surface area contributed by atoms with E-state index in [9.17, 15) is 15.1 Å². The third-order valence-electron chi connectivity index (χ3n) is 1.84. The molecule has 1 aromatic rings. The summed E-state index contributed by atoms with van der Waals surface area (Å²) in [4.78, 5) is 10.5. The first-order chi connectivity index (χ1) is 6.11. The highest BCUT2D eigenvalue weighted by molar-refractivity contribution is 5.81. The number of rotatable bonds is 2. The summed E-state index contributed by atoms with van der Waals surface area (Å²) in [6.07, 6.45) is 1.48. The number of nitrogens with zero attached hydrogens (tertiary/aromatic N) is 1. The number of aromatic nitrogens is 1. The Kier molecular flexibility index (Phi) is 2.48. The zero-order valence-corrected chi connectivity index (χ0v) is 7.02. The van der Waals surface area contributed by atoms with E-state index in [0.717, 1.165) is 6.20 Å². The number of aromatic hydroxyl groups is 1. The van der Waals surface area contributed by atoms with Gasteiger partial charge in [-0.3, -0.25) is 4.79 Å². The van der Waals surface area contributed by atoms with E-state index in [4.69, 9.17) is 5.11 Å². The Bertz CT molecular complexity index is 348. The van der Waals surface area contributed by atoms with Gasteiger partial charge in [0.15, 0.2) is 18.2 Å². The van der Waals surface area contributed by atoms with E-state index >= 15 is 0 Å². The van der Waals surface area contributed by atoms with Gasteiger partial charge in [-0.2, -0.15) is 4.73 Å². The topological polar surface area (TPSA) is 84.5 Å². The van der Waals surface area contributed by atoms with Crippen molar-refractivity contribution >= 4 is 6.29 Å². The molecule has 0 saturated heterocycles. The molecule has 13 heavy (non-hydrogen) atoms. The molecule has 0 bridgehead atoms. The first-order valence-electron chi connectivity index (χ1n) is 3.62. The molecule has 2 N–H and O–H groups in total. The number of aliphatic hydroxyl groups excluding tert-OH is 1. The van der Waals surface area contributed by atoms with E-state index in [2.05, 4.69) is 0 Å². The molecule has 70 valence electrons. The van der Waals surface area contributed by atoms with Crippen LogP contribution in [-0.4, -0.2) is 16.5 Å². The second kappa shape index (κ2) is 3.40. The summed E-state index contributed by atoms with van der Waals surface area (Å²) in [6, 6.07) is 0. The molecule has 1 heterocycles. The lowest BCUT2D eigenvalue weighted by Gasteiger charge is -2.07. The van der Waals surface area contributed by atoms with Crippen LogP contribution >= 0.6 is 0 Å². The van der Waals surface area contributed by atoms with Gasteiger partial charge in [0.25, 0.3) is 0 Å². The van der Waals surface area contributed by atoms with Gasteiger partial charge in [-0.15, -0.1) is 0 Å². The summed E-state index contributed by atoms with van der Waals surface area (Å²) in [7, 11) is 0. The predicted octanol–water partition coefficient (Wildman–Crippen LogP) is -0.361. The van der Waals surface area contributed by atoms with Gasteiger partial charge in [-0.25, -0.2) is 0 Å². The number of carbonyl (C=O) groups excluding carboxylic acids is 1. The number of aldehydes is 1. The molecule has 0 radical (unpaired) electrons. The summed E-state index contributed by atoms with van der Waals surface area (Å²) >= 11 is 0. The zero-order valence-electron chi connectivity index (χ0n) is 7.02. The van der Waals surface area contributed by atoms with Crippen LogP contribution in [0.5, 0.6) is 5.75 Å². The lowest BCUT2D eigenvalue weighted by atomic mass is 10.1. The van der Waals surface area contributed by atoms with Gasteiger partial charge in [0.1, 0.15) is 0 Å². The maximum atomic E-state index is 11.0. The average molecular weight is 183 g/mol. The van der Waals surface area contributed by atoms with Crippen LogP contribution in [0.3, 0.4) is 0 Å². The van der Waals surface area contributed by atoms with Gasteiger partial charge in [0.2, 0.25) is 5.69 Å². The Labute approximate surface area is 74.5 Å². The minimum atomic E-state index is -0.454. The number of carbonyl (C=O) groups is 1. The summed E-state index contributed by atoms with van der Waals surface area (Å²) in [5.41, 5.74) is 0.125. The second-order valence-corrected chi connectivity index (χ2v) is 2.60. The molecule has 5 heteroatoms. The molecule has 0 aliphatic carbocycles. The molecule has 1 aromatic heterocycles. The smallest absolute Gasteiger partial charge is 0.232 e. The van der Waals surface area contributed by atoms with Gasteiger partial charge in [-0.1, -0.05) is 0 Å². The molecule has 0 amide bonds. The minimum absolute atomic E-state index is 0.0351. The third-order valence-corrected chi connectivity index (χ3v) is 1.84. The lowest BCUT2D eigenvalue weighted by Crippen LogP contribution is -2.31. The predicted molar refractivity (Wildman–Crippen MR) is 43.1 cm³/mol. The van der Waals surface area contributed by atoms with Crippen LogP contribution in [0.15, 0.2) is 6.20 Å². The van der Waals surface area contributed by atoms with Gasteiger partial charge in [0.05, 0.1) is 17.7 Å². The molecular formula is C8H9NO4. The van der Waals surface area contributed by atoms with E-state index in [1.807, 2.05) is 0 Å². The van der Waals surface area contributed by atoms with Crippen LogP contribution in [0.2, 0.25) is 0 Å². The molecular weight excluding hydrogens is 174 g/mol. The molecule has 0 aliphatic heterocycles. The highest BCUT2D eigenvalue weighted by Gasteiger charge is 2.16. The Morgan fingerprint density at radius 2 is 2.31 bits per heavy atom. The average Bonchev–Trinajstić information content (AvgIpc) is 2.13. The van der Waals surface area contributed by atoms with E-state index in [0.29, 0.717) is 11.0 Å². The number of hydrogen-bond acceptors (Lipinski definition) is 4. The molecule has 0 atom stereocenters. The number of hydrogen-bond donors (Lipinski definition) is 2. The molecule has 5 nitrogen and oxygen atoms in total. The second-order valence-electron chi connectivity index (χ2n) is 2.60. The largest absolute Gasteiger partial charge is 0.618 e. The fraction of sp³-hybridized carbons (Fsp3) is 0.250. The molecule has 0 fully saturated rings. The molecule has 0 spiro atoms. The highest BCUT2D eigenvalue weighted by Crippen LogP contribution is 2.20. The van der Waals surface area contributed by atoms with E-state index < -0.39 is 6.61 Å². The fourth-order valence-electron chi connectivity index (χ4n) is 1.02.